The normalized spacial score (nSPS) is 15.6. The molecular weight excluding hydrogens is 293 g/mol. The lowest BCUT2D eigenvalue weighted by molar-refractivity contribution is 0.0279. The van der Waals surface area contributed by atoms with Crippen molar-refractivity contribution in [2.75, 3.05) is 26.0 Å². The lowest BCUT2D eigenvalue weighted by Crippen LogP contribution is -2.32. The first-order valence-electron chi connectivity index (χ1n) is 7.03. The van der Waals surface area contributed by atoms with Crippen LogP contribution >= 0.6 is 0 Å². The Morgan fingerprint density at radius 1 is 1.43 bits per heavy atom. The van der Waals surface area contributed by atoms with E-state index in [1.807, 2.05) is 6.92 Å². The Bertz CT molecular complexity index is 445. The number of aliphatic hydroxyl groups is 1. The van der Waals surface area contributed by atoms with E-state index < -0.39 is 16.9 Å². The summed E-state index contributed by atoms with van der Waals surface area (Å²) in [5.74, 6) is -0.299. The predicted octanol–water partition coefficient (Wildman–Crippen LogP) is 1.45. The molecule has 1 aromatic rings. The van der Waals surface area contributed by atoms with E-state index in [4.69, 9.17) is 4.74 Å². The number of halogens is 1. The van der Waals surface area contributed by atoms with E-state index in [2.05, 4.69) is 5.32 Å². The molecule has 0 saturated carbocycles. The second-order valence-electron chi connectivity index (χ2n) is 5.06. The first kappa shape index (κ1) is 18.2. The SMILES string of the molecule is CC(CCNCC(O)COCc1ccccc1F)S(C)=O. The third-order valence-electron chi connectivity index (χ3n) is 3.20. The van der Waals surface area contributed by atoms with E-state index in [1.54, 1.807) is 24.5 Å². The highest BCUT2D eigenvalue weighted by Crippen LogP contribution is 2.07. The number of rotatable bonds is 10. The molecule has 0 heterocycles. The van der Waals surface area contributed by atoms with Gasteiger partial charge in [-0.15, -0.1) is 0 Å². The lowest BCUT2D eigenvalue weighted by Gasteiger charge is -2.14. The summed E-state index contributed by atoms with van der Waals surface area (Å²) in [4.78, 5) is 0. The predicted molar refractivity (Wildman–Crippen MR) is 83.1 cm³/mol. The molecule has 0 aliphatic carbocycles. The molecule has 3 atom stereocenters. The van der Waals surface area contributed by atoms with E-state index in [1.165, 1.54) is 6.07 Å². The van der Waals surface area contributed by atoms with Crippen molar-refractivity contribution < 1.29 is 18.4 Å². The molecule has 4 nitrogen and oxygen atoms in total. The highest BCUT2D eigenvalue weighted by molar-refractivity contribution is 7.84. The number of hydrogen-bond donors (Lipinski definition) is 2. The largest absolute Gasteiger partial charge is 0.389 e. The molecule has 0 aromatic heterocycles. The smallest absolute Gasteiger partial charge is 0.128 e. The van der Waals surface area contributed by atoms with Crippen LogP contribution in [-0.4, -0.2) is 46.6 Å². The van der Waals surface area contributed by atoms with Crippen LogP contribution in [0.25, 0.3) is 0 Å². The van der Waals surface area contributed by atoms with E-state index in [0.29, 0.717) is 18.7 Å². The van der Waals surface area contributed by atoms with Gasteiger partial charge in [-0.25, -0.2) is 4.39 Å². The summed E-state index contributed by atoms with van der Waals surface area (Å²) in [5, 5.41) is 13.0. The topological polar surface area (TPSA) is 58.6 Å². The molecule has 6 heteroatoms. The third kappa shape index (κ3) is 7.66. The summed E-state index contributed by atoms with van der Waals surface area (Å²) in [5.41, 5.74) is 0.483. The maximum absolute atomic E-state index is 13.3. The van der Waals surface area contributed by atoms with Gasteiger partial charge in [0.1, 0.15) is 5.82 Å². The minimum Gasteiger partial charge on any atom is -0.389 e. The summed E-state index contributed by atoms with van der Waals surface area (Å²) >= 11 is 0. The molecule has 0 radical (unpaired) electrons. The van der Waals surface area contributed by atoms with Crippen LogP contribution in [0.4, 0.5) is 4.39 Å². The molecule has 1 rings (SSSR count). The summed E-state index contributed by atoms with van der Waals surface area (Å²) in [6.45, 7) is 3.34. The van der Waals surface area contributed by atoms with E-state index in [9.17, 15) is 13.7 Å². The molecule has 0 aliphatic rings. The highest BCUT2D eigenvalue weighted by Gasteiger charge is 2.08. The second kappa shape index (κ2) is 10.00. The monoisotopic (exact) mass is 317 g/mol. The molecule has 0 saturated heterocycles. The van der Waals surface area contributed by atoms with Crippen molar-refractivity contribution >= 4 is 10.8 Å². The van der Waals surface area contributed by atoms with Crippen molar-refractivity contribution in [3.8, 4) is 0 Å². The Balaban J connectivity index is 2.10. The van der Waals surface area contributed by atoms with Gasteiger partial charge in [0.05, 0.1) is 19.3 Å². The first-order chi connectivity index (χ1) is 10.0. The van der Waals surface area contributed by atoms with E-state index >= 15 is 0 Å². The van der Waals surface area contributed by atoms with Crippen molar-refractivity contribution in [1.82, 2.24) is 5.32 Å². The molecule has 0 amide bonds. The van der Waals surface area contributed by atoms with Gasteiger partial charge in [-0.05, 0) is 19.0 Å². The van der Waals surface area contributed by atoms with Crippen LogP contribution < -0.4 is 5.32 Å². The Morgan fingerprint density at radius 2 is 2.14 bits per heavy atom. The summed E-state index contributed by atoms with van der Waals surface area (Å²) < 4.78 is 29.8. The zero-order valence-electron chi connectivity index (χ0n) is 12.5. The van der Waals surface area contributed by atoms with Gasteiger partial charge in [0.15, 0.2) is 0 Å². The maximum Gasteiger partial charge on any atom is 0.128 e. The van der Waals surface area contributed by atoms with Crippen LogP contribution in [0.3, 0.4) is 0 Å². The first-order valence-corrected chi connectivity index (χ1v) is 8.65. The molecule has 0 bridgehead atoms. The van der Waals surface area contributed by atoms with Gasteiger partial charge in [-0.2, -0.15) is 0 Å². The standard InChI is InChI=1S/C15H24FNO3S/c1-12(21(2)19)7-8-17-9-14(18)11-20-10-13-5-3-4-6-15(13)16/h3-6,12,14,17-18H,7-11H2,1-2H3. The van der Waals surface area contributed by atoms with Crippen LogP contribution in [0.5, 0.6) is 0 Å². The average molecular weight is 317 g/mol. The Hall–Kier alpha value is -0.820. The summed E-state index contributed by atoms with van der Waals surface area (Å²) in [6.07, 6.45) is 1.85. The Kier molecular flexibility index (Phi) is 8.68. The summed E-state index contributed by atoms with van der Waals surface area (Å²) in [6, 6.07) is 6.42. The van der Waals surface area contributed by atoms with Crippen LogP contribution in [0, 0.1) is 5.82 Å². The van der Waals surface area contributed by atoms with Crippen molar-refractivity contribution in [1.29, 1.82) is 0 Å². The molecule has 2 N–H and O–H groups in total. The van der Waals surface area contributed by atoms with Crippen molar-refractivity contribution in [3.63, 3.8) is 0 Å². The number of ether oxygens (including phenoxy) is 1. The number of nitrogens with one attached hydrogen (secondary N) is 1. The fourth-order valence-corrected chi connectivity index (χ4v) is 2.17. The maximum atomic E-state index is 13.3. The van der Waals surface area contributed by atoms with Gasteiger partial charge in [-0.3, -0.25) is 4.21 Å². The molecule has 120 valence electrons. The number of benzene rings is 1. The van der Waals surface area contributed by atoms with E-state index in [0.717, 1.165) is 6.42 Å². The average Bonchev–Trinajstić information content (AvgIpc) is 2.45. The van der Waals surface area contributed by atoms with Crippen LogP contribution in [0.15, 0.2) is 24.3 Å². The van der Waals surface area contributed by atoms with Crippen molar-refractivity contribution in [2.45, 2.75) is 31.3 Å². The van der Waals surface area contributed by atoms with Crippen LogP contribution in [0.2, 0.25) is 0 Å². The zero-order chi connectivity index (χ0) is 15.7. The van der Waals surface area contributed by atoms with Gasteiger partial charge in [-0.1, -0.05) is 25.1 Å². The Labute approximate surface area is 128 Å². The van der Waals surface area contributed by atoms with Crippen LogP contribution in [0.1, 0.15) is 18.9 Å². The highest BCUT2D eigenvalue weighted by atomic mass is 32.2. The van der Waals surface area contributed by atoms with Gasteiger partial charge in [0.2, 0.25) is 0 Å². The minimum atomic E-state index is -0.816. The van der Waals surface area contributed by atoms with E-state index in [-0.39, 0.29) is 24.3 Å². The molecule has 0 spiro atoms. The van der Waals surface area contributed by atoms with Crippen molar-refractivity contribution in [3.05, 3.63) is 35.6 Å². The fourth-order valence-electron chi connectivity index (χ4n) is 1.72. The second-order valence-corrected chi connectivity index (χ2v) is 6.86. The van der Waals surface area contributed by atoms with Gasteiger partial charge in [0, 0.05) is 34.4 Å². The third-order valence-corrected chi connectivity index (χ3v) is 4.57. The zero-order valence-corrected chi connectivity index (χ0v) is 13.4. The molecule has 21 heavy (non-hydrogen) atoms. The number of hydrogen-bond acceptors (Lipinski definition) is 4. The minimum absolute atomic E-state index is 0.145. The molecular formula is C15H24FNO3S. The fraction of sp³-hybridized carbons (Fsp3) is 0.600. The van der Waals surface area contributed by atoms with Crippen molar-refractivity contribution in [2.24, 2.45) is 0 Å². The quantitative estimate of drug-likeness (QED) is 0.641. The number of aliphatic hydroxyl groups excluding tert-OH is 1. The van der Waals surface area contributed by atoms with Gasteiger partial charge < -0.3 is 15.2 Å². The Morgan fingerprint density at radius 3 is 2.81 bits per heavy atom. The molecule has 0 aliphatic heterocycles. The summed E-state index contributed by atoms with van der Waals surface area (Å²) in [7, 11) is -0.816. The molecule has 1 aromatic carbocycles. The van der Waals surface area contributed by atoms with Gasteiger partial charge in [0.25, 0.3) is 0 Å². The van der Waals surface area contributed by atoms with Crippen LogP contribution in [-0.2, 0) is 22.1 Å². The molecule has 3 unspecified atom stereocenters. The van der Waals surface area contributed by atoms with Gasteiger partial charge >= 0.3 is 0 Å². The molecule has 0 fully saturated rings. The lowest BCUT2D eigenvalue weighted by atomic mass is 10.2.